The normalized spacial score (nSPS) is 23.4. The molecule has 3 rings (SSSR count). The third-order valence-corrected chi connectivity index (χ3v) is 6.29. The number of aliphatic carboxylic acids is 1. The van der Waals surface area contributed by atoms with E-state index in [4.69, 9.17) is 5.11 Å². The highest BCUT2D eigenvalue weighted by atomic mass is 16.4. The summed E-state index contributed by atoms with van der Waals surface area (Å²) in [7, 11) is 2.17. The van der Waals surface area contributed by atoms with Crippen LogP contribution < -0.4 is 10.6 Å². The summed E-state index contributed by atoms with van der Waals surface area (Å²) >= 11 is 0. The number of urea groups is 1. The van der Waals surface area contributed by atoms with Crippen molar-refractivity contribution in [2.75, 3.05) is 12.4 Å². The number of hydrogen-bond donors (Lipinski definition) is 3. The van der Waals surface area contributed by atoms with E-state index in [9.17, 15) is 9.59 Å². The molecule has 3 N–H and O–H groups in total. The van der Waals surface area contributed by atoms with Crippen molar-refractivity contribution in [1.29, 1.82) is 0 Å². The van der Waals surface area contributed by atoms with Crippen LogP contribution in [0.1, 0.15) is 63.4 Å². The summed E-state index contributed by atoms with van der Waals surface area (Å²) in [5, 5.41) is 15.1. The molecule has 0 radical (unpaired) electrons. The maximum Gasteiger partial charge on any atom is 0.319 e. The lowest BCUT2D eigenvalue weighted by Gasteiger charge is -2.31. The molecule has 0 aromatic heterocycles. The van der Waals surface area contributed by atoms with Crippen LogP contribution in [0, 0.1) is 5.92 Å². The van der Waals surface area contributed by atoms with Crippen molar-refractivity contribution in [3.8, 4) is 0 Å². The molecule has 0 saturated heterocycles. The van der Waals surface area contributed by atoms with E-state index in [1.54, 1.807) is 0 Å². The van der Waals surface area contributed by atoms with Gasteiger partial charge < -0.3 is 15.7 Å². The standard InChI is InChI=1S/C22H33N3O3/c1-25(19-8-3-2-4-9-19)15-17-7-5-6-10-20(17)24-22(28)23-18-13-11-16(12-14-18)21(26)27/h5-7,10,16,18-19H,2-4,8-9,11-15H2,1H3,(H,26,27)(H2,23,24,28). The summed E-state index contributed by atoms with van der Waals surface area (Å²) in [5.74, 6) is -0.990. The Balaban J connectivity index is 1.52. The maximum absolute atomic E-state index is 12.5. The van der Waals surface area contributed by atoms with Crippen molar-refractivity contribution in [1.82, 2.24) is 10.2 Å². The highest BCUT2D eigenvalue weighted by Crippen LogP contribution is 2.26. The van der Waals surface area contributed by atoms with Crippen molar-refractivity contribution in [2.24, 2.45) is 5.92 Å². The van der Waals surface area contributed by atoms with Crippen molar-refractivity contribution >= 4 is 17.7 Å². The fraction of sp³-hybridized carbons (Fsp3) is 0.636. The first-order valence-corrected chi connectivity index (χ1v) is 10.6. The monoisotopic (exact) mass is 387 g/mol. The molecule has 28 heavy (non-hydrogen) atoms. The molecular weight excluding hydrogens is 354 g/mol. The number of nitrogens with zero attached hydrogens (tertiary/aromatic N) is 1. The Morgan fingerprint density at radius 1 is 1.04 bits per heavy atom. The Bertz CT molecular complexity index is 665. The third-order valence-electron chi connectivity index (χ3n) is 6.29. The highest BCUT2D eigenvalue weighted by molar-refractivity contribution is 5.90. The zero-order valence-electron chi connectivity index (χ0n) is 16.8. The number of carbonyl (C=O) groups is 2. The average Bonchev–Trinajstić information content (AvgIpc) is 2.70. The van der Waals surface area contributed by atoms with Crippen LogP contribution in [0.3, 0.4) is 0 Å². The second-order valence-corrected chi connectivity index (χ2v) is 8.35. The second-order valence-electron chi connectivity index (χ2n) is 8.35. The molecule has 1 aromatic rings. The van der Waals surface area contributed by atoms with Gasteiger partial charge in [-0.2, -0.15) is 0 Å². The van der Waals surface area contributed by atoms with Crippen molar-refractivity contribution < 1.29 is 14.7 Å². The maximum atomic E-state index is 12.5. The summed E-state index contributed by atoms with van der Waals surface area (Å²) in [6.07, 6.45) is 9.16. The van der Waals surface area contributed by atoms with Crippen LogP contribution in [0.2, 0.25) is 0 Å². The van der Waals surface area contributed by atoms with Crippen LogP contribution in [0.5, 0.6) is 0 Å². The lowest BCUT2D eigenvalue weighted by Crippen LogP contribution is -2.41. The predicted octanol–water partition coefficient (Wildman–Crippen LogP) is 4.22. The van der Waals surface area contributed by atoms with Gasteiger partial charge in [-0.25, -0.2) is 4.79 Å². The van der Waals surface area contributed by atoms with E-state index in [0.717, 1.165) is 30.6 Å². The number of rotatable bonds is 6. The SMILES string of the molecule is CN(Cc1ccccc1NC(=O)NC1CCC(C(=O)O)CC1)C1CCCCC1. The van der Waals surface area contributed by atoms with Gasteiger partial charge in [0.2, 0.25) is 0 Å². The van der Waals surface area contributed by atoms with E-state index >= 15 is 0 Å². The Labute approximate surface area is 167 Å². The molecule has 2 fully saturated rings. The van der Waals surface area contributed by atoms with Crippen LogP contribution in [-0.2, 0) is 11.3 Å². The summed E-state index contributed by atoms with van der Waals surface area (Å²) in [4.78, 5) is 26.0. The first-order chi connectivity index (χ1) is 13.5. The number of carboxylic acid groups (broad SMARTS) is 1. The van der Waals surface area contributed by atoms with Gasteiger partial charge in [-0.3, -0.25) is 9.69 Å². The van der Waals surface area contributed by atoms with Crippen LogP contribution in [0.15, 0.2) is 24.3 Å². The number of amides is 2. The van der Waals surface area contributed by atoms with Crippen LogP contribution in [-0.4, -0.2) is 41.1 Å². The van der Waals surface area contributed by atoms with E-state index in [1.165, 1.54) is 32.1 Å². The van der Waals surface area contributed by atoms with Crippen molar-refractivity contribution in [3.05, 3.63) is 29.8 Å². The van der Waals surface area contributed by atoms with Gasteiger partial charge in [0.25, 0.3) is 0 Å². The molecule has 0 atom stereocenters. The summed E-state index contributed by atoms with van der Waals surface area (Å²) in [5.41, 5.74) is 1.97. The number of benzene rings is 1. The summed E-state index contributed by atoms with van der Waals surface area (Å²) in [6, 6.07) is 8.45. The first kappa shape index (κ1) is 20.6. The van der Waals surface area contributed by atoms with Gasteiger partial charge in [-0.05, 0) is 57.2 Å². The van der Waals surface area contributed by atoms with E-state index < -0.39 is 5.97 Å². The van der Waals surface area contributed by atoms with Crippen LogP contribution in [0.25, 0.3) is 0 Å². The van der Waals surface area contributed by atoms with Gasteiger partial charge in [0, 0.05) is 24.3 Å². The fourth-order valence-electron chi connectivity index (χ4n) is 4.53. The topological polar surface area (TPSA) is 81.7 Å². The number of carboxylic acids is 1. The third kappa shape index (κ3) is 5.71. The predicted molar refractivity (Wildman–Crippen MR) is 110 cm³/mol. The molecule has 0 aliphatic heterocycles. The van der Waals surface area contributed by atoms with Gasteiger partial charge >= 0.3 is 12.0 Å². The molecular formula is C22H33N3O3. The molecule has 6 heteroatoms. The largest absolute Gasteiger partial charge is 0.481 e. The number of para-hydroxylation sites is 1. The molecule has 2 saturated carbocycles. The molecule has 0 bridgehead atoms. The quantitative estimate of drug-likeness (QED) is 0.683. The molecule has 1 aromatic carbocycles. The van der Waals surface area contributed by atoms with Crippen LogP contribution in [0.4, 0.5) is 10.5 Å². The van der Waals surface area contributed by atoms with Gasteiger partial charge in [0.05, 0.1) is 5.92 Å². The first-order valence-electron chi connectivity index (χ1n) is 10.6. The minimum Gasteiger partial charge on any atom is -0.481 e. The zero-order valence-corrected chi connectivity index (χ0v) is 16.8. The van der Waals surface area contributed by atoms with Crippen LogP contribution >= 0.6 is 0 Å². The van der Waals surface area contributed by atoms with Crippen molar-refractivity contribution in [3.63, 3.8) is 0 Å². The van der Waals surface area contributed by atoms with E-state index in [-0.39, 0.29) is 18.0 Å². The lowest BCUT2D eigenvalue weighted by molar-refractivity contribution is -0.142. The smallest absolute Gasteiger partial charge is 0.319 e. The van der Waals surface area contributed by atoms with Gasteiger partial charge in [0.1, 0.15) is 0 Å². The van der Waals surface area contributed by atoms with Crippen molar-refractivity contribution in [2.45, 2.75) is 76.4 Å². The van der Waals surface area contributed by atoms with Gasteiger partial charge in [0.15, 0.2) is 0 Å². The molecule has 2 aliphatic rings. The molecule has 2 amide bonds. The number of hydrogen-bond acceptors (Lipinski definition) is 3. The Morgan fingerprint density at radius 2 is 1.71 bits per heavy atom. The lowest BCUT2D eigenvalue weighted by atomic mass is 9.86. The summed E-state index contributed by atoms with van der Waals surface area (Å²) < 4.78 is 0. The van der Waals surface area contributed by atoms with Gasteiger partial charge in [-0.15, -0.1) is 0 Å². The number of carbonyl (C=O) groups excluding carboxylic acids is 1. The molecule has 154 valence electrons. The van der Waals surface area contributed by atoms with Gasteiger partial charge in [-0.1, -0.05) is 37.5 Å². The molecule has 0 spiro atoms. The minimum absolute atomic E-state index is 0.0488. The van der Waals surface area contributed by atoms with E-state index in [0.29, 0.717) is 18.9 Å². The Kier molecular flexibility index (Phi) is 7.31. The average molecular weight is 388 g/mol. The molecule has 6 nitrogen and oxygen atoms in total. The molecule has 0 unspecified atom stereocenters. The Hall–Kier alpha value is -2.08. The zero-order chi connectivity index (χ0) is 19.9. The molecule has 0 heterocycles. The number of nitrogens with one attached hydrogen (secondary N) is 2. The van der Waals surface area contributed by atoms with E-state index in [1.807, 2.05) is 18.2 Å². The summed E-state index contributed by atoms with van der Waals surface area (Å²) in [6.45, 7) is 0.824. The second kappa shape index (κ2) is 9.92. The molecule has 2 aliphatic carbocycles. The highest BCUT2D eigenvalue weighted by Gasteiger charge is 2.27. The fourth-order valence-corrected chi connectivity index (χ4v) is 4.53. The van der Waals surface area contributed by atoms with E-state index in [2.05, 4.69) is 28.6 Å². The minimum atomic E-state index is -0.723. The Morgan fingerprint density at radius 3 is 2.39 bits per heavy atom. The number of anilines is 1.